The molecule has 7 heteroatoms. The van der Waals surface area contributed by atoms with Crippen LogP contribution in [-0.2, 0) is 6.18 Å². The number of alkyl halides is 3. The van der Waals surface area contributed by atoms with E-state index in [4.69, 9.17) is 0 Å². The molecule has 0 saturated heterocycles. The van der Waals surface area contributed by atoms with E-state index in [0.717, 1.165) is 16.2 Å². The van der Waals surface area contributed by atoms with E-state index in [1.165, 1.54) is 6.20 Å². The van der Waals surface area contributed by atoms with Crippen LogP contribution >= 0.6 is 11.3 Å². The van der Waals surface area contributed by atoms with Gasteiger partial charge in [-0.15, -0.1) is 0 Å². The lowest BCUT2D eigenvalue weighted by Crippen LogP contribution is -2.17. The molecule has 102 valence electrons. The monoisotopic (exact) mass is 296 g/mol. The van der Waals surface area contributed by atoms with Gasteiger partial charge in [-0.3, -0.25) is 9.36 Å². The zero-order valence-electron chi connectivity index (χ0n) is 9.89. The van der Waals surface area contributed by atoms with E-state index in [-0.39, 0.29) is 10.7 Å². The fourth-order valence-electron chi connectivity index (χ4n) is 1.85. The number of hydrogen-bond donors (Lipinski definition) is 0. The van der Waals surface area contributed by atoms with Gasteiger partial charge in [-0.05, 0) is 17.5 Å². The summed E-state index contributed by atoms with van der Waals surface area (Å²) in [5.74, 6) is 0. The van der Waals surface area contributed by atoms with Crippen molar-refractivity contribution >= 4 is 22.1 Å². The van der Waals surface area contributed by atoms with Crippen LogP contribution in [0.25, 0.3) is 15.9 Å². The Hall–Kier alpha value is -2.15. The summed E-state index contributed by atoms with van der Waals surface area (Å²) in [6, 6.07) is 8.57. The highest BCUT2D eigenvalue weighted by Crippen LogP contribution is 2.34. The highest BCUT2D eigenvalue weighted by Gasteiger charge is 2.33. The SMILES string of the molecule is O=c1c2ccccc2ccn1-c1ncc(C(F)(F)F)s1. The minimum atomic E-state index is -4.45. The van der Waals surface area contributed by atoms with Crippen LogP contribution in [0.4, 0.5) is 13.2 Å². The summed E-state index contributed by atoms with van der Waals surface area (Å²) in [5.41, 5.74) is -0.383. The topological polar surface area (TPSA) is 34.9 Å². The predicted molar refractivity (Wildman–Crippen MR) is 70.2 cm³/mol. The van der Waals surface area contributed by atoms with Crippen molar-refractivity contribution in [2.75, 3.05) is 0 Å². The number of benzene rings is 1. The van der Waals surface area contributed by atoms with Crippen LogP contribution in [0.2, 0.25) is 0 Å². The van der Waals surface area contributed by atoms with E-state index in [0.29, 0.717) is 16.7 Å². The maximum atomic E-state index is 12.6. The molecule has 0 radical (unpaired) electrons. The fraction of sp³-hybridized carbons (Fsp3) is 0.0769. The lowest BCUT2D eigenvalue weighted by Gasteiger charge is -2.03. The van der Waals surface area contributed by atoms with Gasteiger partial charge in [0.15, 0.2) is 5.13 Å². The van der Waals surface area contributed by atoms with Gasteiger partial charge in [-0.1, -0.05) is 29.5 Å². The minimum Gasteiger partial charge on any atom is -0.268 e. The van der Waals surface area contributed by atoms with Gasteiger partial charge >= 0.3 is 6.18 Å². The molecule has 3 aromatic rings. The second kappa shape index (κ2) is 4.45. The van der Waals surface area contributed by atoms with Crippen molar-refractivity contribution < 1.29 is 13.2 Å². The first-order chi connectivity index (χ1) is 9.47. The van der Waals surface area contributed by atoms with Gasteiger partial charge in [-0.2, -0.15) is 13.2 Å². The number of nitrogens with zero attached hydrogens (tertiary/aromatic N) is 2. The van der Waals surface area contributed by atoms with Crippen molar-refractivity contribution in [1.82, 2.24) is 9.55 Å². The van der Waals surface area contributed by atoms with Crippen LogP contribution in [0.15, 0.2) is 47.5 Å². The van der Waals surface area contributed by atoms with Crippen molar-refractivity contribution in [3.8, 4) is 5.13 Å². The van der Waals surface area contributed by atoms with Gasteiger partial charge < -0.3 is 0 Å². The summed E-state index contributed by atoms with van der Waals surface area (Å²) in [4.78, 5) is 15.1. The highest BCUT2D eigenvalue weighted by molar-refractivity contribution is 7.14. The number of aromatic nitrogens is 2. The van der Waals surface area contributed by atoms with Crippen LogP contribution in [0.1, 0.15) is 4.88 Å². The molecule has 0 atom stereocenters. The second-order valence-corrected chi connectivity index (χ2v) is 5.09. The summed E-state index contributed by atoms with van der Waals surface area (Å²) in [6.45, 7) is 0. The van der Waals surface area contributed by atoms with Crippen LogP contribution in [-0.4, -0.2) is 9.55 Å². The average molecular weight is 296 g/mol. The van der Waals surface area contributed by atoms with Gasteiger partial charge in [0.1, 0.15) is 4.88 Å². The molecule has 0 unspecified atom stereocenters. The normalized spacial score (nSPS) is 11.9. The Labute approximate surface area is 114 Å². The highest BCUT2D eigenvalue weighted by atomic mass is 32.1. The molecule has 0 N–H and O–H groups in total. The first-order valence-corrected chi connectivity index (χ1v) is 6.42. The van der Waals surface area contributed by atoms with Gasteiger partial charge in [-0.25, -0.2) is 4.98 Å². The molecule has 3 rings (SSSR count). The van der Waals surface area contributed by atoms with E-state index in [9.17, 15) is 18.0 Å². The molecule has 0 amide bonds. The molecule has 0 bridgehead atoms. The molecular weight excluding hydrogens is 289 g/mol. The van der Waals surface area contributed by atoms with E-state index in [2.05, 4.69) is 4.98 Å². The zero-order chi connectivity index (χ0) is 14.3. The minimum absolute atomic E-state index is 0.00748. The third kappa shape index (κ3) is 2.09. The molecule has 3 nitrogen and oxygen atoms in total. The molecule has 0 aliphatic heterocycles. The van der Waals surface area contributed by atoms with E-state index >= 15 is 0 Å². The smallest absolute Gasteiger partial charge is 0.268 e. The van der Waals surface area contributed by atoms with Crippen LogP contribution in [0.3, 0.4) is 0 Å². The Morgan fingerprint density at radius 2 is 1.90 bits per heavy atom. The molecule has 0 saturated carbocycles. The van der Waals surface area contributed by atoms with Gasteiger partial charge in [0.25, 0.3) is 5.56 Å². The van der Waals surface area contributed by atoms with Crippen molar-refractivity contribution in [1.29, 1.82) is 0 Å². The Bertz CT molecular complexity index is 835. The number of halogens is 3. The van der Waals surface area contributed by atoms with Crippen molar-refractivity contribution in [2.45, 2.75) is 6.18 Å². The summed E-state index contributed by atoms with van der Waals surface area (Å²) < 4.78 is 38.8. The van der Waals surface area contributed by atoms with E-state index < -0.39 is 11.1 Å². The summed E-state index contributed by atoms with van der Waals surface area (Å²) in [6.07, 6.45) is -2.28. The standard InChI is InChI=1S/C13H7F3N2OS/c14-13(15,16)10-7-17-12(20-10)18-6-5-8-3-1-2-4-9(8)11(18)19/h1-7H. The second-order valence-electron chi connectivity index (χ2n) is 4.08. The molecule has 0 spiro atoms. The number of rotatable bonds is 1. The maximum absolute atomic E-state index is 12.6. The van der Waals surface area contributed by atoms with Crippen molar-refractivity contribution in [2.24, 2.45) is 0 Å². The molecule has 0 fully saturated rings. The molecule has 1 aromatic carbocycles. The maximum Gasteiger partial charge on any atom is 0.427 e. The Kier molecular flexibility index (Phi) is 2.86. The lowest BCUT2D eigenvalue weighted by molar-refractivity contribution is -0.134. The van der Waals surface area contributed by atoms with Crippen LogP contribution in [0.5, 0.6) is 0 Å². The van der Waals surface area contributed by atoms with Gasteiger partial charge in [0.2, 0.25) is 0 Å². The third-order valence-electron chi connectivity index (χ3n) is 2.79. The molecule has 0 aliphatic carbocycles. The Morgan fingerprint density at radius 1 is 1.15 bits per heavy atom. The predicted octanol–water partition coefficient (Wildman–Crippen LogP) is 3.47. The van der Waals surface area contributed by atoms with Crippen molar-refractivity contribution in [3.63, 3.8) is 0 Å². The third-order valence-corrected chi connectivity index (χ3v) is 3.83. The average Bonchev–Trinajstić information content (AvgIpc) is 2.89. The number of pyridine rings is 1. The Morgan fingerprint density at radius 3 is 2.60 bits per heavy atom. The first kappa shape index (κ1) is 12.9. The number of fused-ring (bicyclic) bond motifs is 1. The molecule has 20 heavy (non-hydrogen) atoms. The van der Waals surface area contributed by atoms with Crippen LogP contribution < -0.4 is 5.56 Å². The molecular formula is C13H7F3N2OS. The summed E-state index contributed by atoms with van der Waals surface area (Å²) in [5, 5.41) is 1.19. The van der Waals surface area contributed by atoms with Crippen molar-refractivity contribution in [3.05, 3.63) is 58.0 Å². The fourth-order valence-corrected chi connectivity index (χ4v) is 2.61. The summed E-state index contributed by atoms with van der Waals surface area (Å²) >= 11 is 0.442. The molecule has 0 aliphatic rings. The first-order valence-electron chi connectivity index (χ1n) is 5.60. The Balaban J connectivity index is 2.18. The van der Waals surface area contributed by atoms with Gasteiger partial charge in [0, 0.05) is 11.6 Å². The quantitative estimate of drug-likeness (QED) is 0.689. The van der Waals surface area contributed by atoms with E-state index in [1.807, 2.05) is 0 Å². The summed E-state index contributed by atoms with van der Waals surface area (Å²) in [7, 11) is 0. The zero-order valence-corrected chi connectivity index (χ0v) is 10.7. The largest absolute Gasteiger partial charge is 0.427 e. The molecule has 2 heterocycles. The van der Waals surface area contributed by atoms with E-state index in [1.54, 1.807) is 30.3 Å². The van der Waals surface area contributed by atoms with Crippen LogP contribution in [0, 0.1) is 0 Å². The lowest BCUT2D eigenvalue weighted by atomic mass is 10.2. The van der Waals surface area contributed by atoms with Gasteiger partial charge in [0.05, 0.1) is 6.20 Å². The number of hydrogen-bond acceptors (Lipinski definition) is 3. The molecule has 2 aromatic heterocycles. The number of thiazole rings is 1.